The number of aromatic nitrogens is 1. The Labute approximate surface area is 67.4 Å². The number of hydrogen-bond donors (Lipinski definition) is 0. The van der Waals surface area contributed by atoms with Crippen LogP contribution in [0.1, 0.15) is 0 Å². The molecule has 0 unspecified atom stereocenters. The van der Waals surface area contributed by atoms with Crippen molar-refractivity contribution in [2.45, 2.75) is 4.90 Å². The molecule has 0 aliphatic heterocycles. The second-order valence-electron chi connectivity index (χ2n) is 1.77. The van der Waals surface area contributed by atoms with Gasteiger partial charge in [-0.05, 0) is 23.3 Å². The molecular formula is C6H6ClNOS. The number of pyridine rings is 1. The Hall–Kier alpha value is -0.250. The molecule has 0 amide bonds. The van der Waals surface area contributed by atoms with Crippen molar-refractivity contribution >= 4 is 22.8 Å². The van der Waals surface area contributed by atoms with Crippen LogP contribution in [0, 0.1) is 0 Å². The summed E-state index contributed by atoms with van der Waals surface area (Å²) in [5.41, 5.74) is 0. The molecule has 0 radical (unpaired) electrons. The van der Waals surface area contributed by atoms with E-state index in [1.54, 1.807) is 18.4 Å². The van der Waals surface area contributed by atoms with E-state index in [2.05, 4.69) is 4.98 Å². The van der Waals surface area contributed by atoms with Crippen molar-refractivity contribution in [2.75, 3.05) is 6.26 Å². The SMILES string of the molecule is C[S@+]([O-])c1ccc(Cl)nc1. The second kappa shape index (κ2) is 3.23. The first-order valence-corrected chi connectivity index (χ1v) is 4.59. The largest absolute Gasteiger partial charge is 0.612 e. The lowest BCUT2D eigenvalue weighted by molar-refractivity contribution is 0.600. The van der Waals surface area contributed by atoms with E-state index in [0.29, 0.717) is 10.0 Å². The van der Waals surface area contributed by atoms with Crippen LogP contribution in [-0.2, 0) is 11.2 Å². The van der Waals surface area contributed by atoms with Crippen LogP contribution >= 0.6 is 11.6 Å². The van der Waals surface area contributed by atoms with Crippen molar-refractivity contribution in [3.05, 3.63) is 23.5 Å². The van der Waals surface area contributed by atoms with Crippen molar-refractivity contribution in [3.8, 4) is 0 Å². The summed E-state index contributed by atoms with van der Waals surface area (Å²) in [4.78, 5) is 4.47. The van der Waals surface area contributed by atoms with Gasteiger partial charge in [-0.15, -0.1) is 0 Å². The van der Waals surface area contributed by atoms with Crippen molar-refractivity contribution in [2.24, 2.45) is 0 Å². The van der Waals surface area contributed by atoms with Gasteiger partial charge in [0.2, 0.25) is 0 Å². The van der Waals surface area contributed by atoms with Gasteiger partial charge >= 0.3 is 0 Å². The lowest BCUT2D eigenvalue weighted by atomic mass is 10.5. The van der Waals surface area contributed by atoms with Crippen LogP contribution in [-0.4, -0.2) is 15.8 Å². The van der Waals surface area contributed by atoms with E-state index in [1.807, 2.05) is 0 Å². The van der Waals surface area contributed by atoms with E-state index < -0.39 is 11.2 Å². The minimum absolute atomic E-state index is 0.425. The maximum absolute atomic E-state index is 10.8. The predicted octanol–water partition coefficient (Wildman–Crippen LogP) is 1.47. The first-order chi connectivity index (χ1) is 4.70. The molecule has 0 aliphatic carbocycles. The van der Waals surface area contributed by atoms with Gasteiger partial charge in [-0.1, -0.05) is 11.6 Å². The van der Waals surface area contributed by atoms with Crippen molar-refractivity contribution in [1.29, 1.82) is 0 Å². The van der Waals surface area contributed by atoms with Gasteiger partial charge in [-0.25, -0.2) is 4.98 Å². The highest BCUT2D eigenvalue weighted by molar-refractivity contribution is 7.90. The van der Waals surface area contributed by atoms with Gasteiger partial charge in [-0.3, -0.25) is 0 Å². The predicted molar refractivity (Wildman–Crippen MR) is 41.6 cm³/mol. The summed E-state index contributed by atoms with van der Waals surface area (Å²) >= 11 is 4.55. The average molecular weight is 176 g/mol. The lowest BCUT2D eigenvalue weighted by Crippen LogP contribution is -1.96. The van der Waals surface area contributed by atoms with Gasteiger partial charge in [-0.2, -0.15) is 0 Å². The highest BCUT2D eigenvalue weighted by Gasteiger charge is 2.02. The molecule has 0 aromatic carbocycles. The van der Waals surface area contributed by atoms with E-state index in [0.717, 1.165) is 0 Å². The summed E-state index contributed by atoms with van der Waals surface area (Å²) in [6.07, 6.45) is 3.11. The summed E-state index contributed by atoms with van der Waals surface area (Å²) in [5.74, 6) is 0. The van der Waals surface area contributed by atoms with E-state index in [4.69, 9.17) is 11.6 Å². The molecule has 0 saturated heterocycles. The third-order valence-corrected chi connectivity index (χ3v) is 2.16. The first kappa shape index (κ1) is 7.85. The fourth-order valence-electron chi connectivity index (χ4n) is 0.532. The van der Waals surface area contributed by atoms with Crippen LogP contribution in [0.15, 0.2) is 23.2 Å². The normalized spacial score (nSPS) is 13.1. The Morgan fingerprint density at radius 3 is 2.70 bits per heavy atom. The lowest BCUT2D eigenvalue weighted by Gasteiger charge is -2.01. The fraction of sp³-hybridized carbons (Fsp3) is 0.167. The molecule has 0 N–H and O–H groups in total. The molecule has 1 aromatic rings. The zero-order valence-electron chi connectivity index (χ0n) is 5.37. The maximum atomic E-state index is 10.8. The van der Waals surface area contributed by atoms with Crippen LogP contribution in [0.4, 0.5) is 0 Å². The summed E-state index contributed by atoms with van der Waals surface area (Å²) in [6, 6.07) is 3.32. The third kappa shape index (κ3) is 1.87. The Morgan fingerprint density at radius 1 is 1.60 bits per heavy atom. The second-order valence-corrected chi connectivity index (χ2v) is 3.54. The Bertz CT molecular complexity index is 211. The minimum atomic E-state index is -0.958. The van der Waals surface area contributed by atoms with E-state index in [1.165, 1.54) is 6.20 Å². The molecule has 10 heavy (non-hydrogen) atoms. The van der Waals surface area contributed by atoms with Crippen molar-refractivity contribution in [3.63, 3.8) is 0 Å². The zero-order valence-corrected chi connectivity index (χ0v) is 6.95. The molecule has 4 heteroatoms. The highest BCUT2D eigenvalue weighted by Crippen LogP contribution is 2.09. The van der Waals surface area contributed by atoms with Crippen molar-refractivity contribution in [1.82, 2.24) is 4.98 Å². The molecule has 0 bridgehead atoms. The quantitative estimate of drug-likeness (QED) is 0.479. The number of nitrogens with zero attached hydrogens (tertiary/aromatic N) is 1. The topological polar surface area (TPSA) is 36.0 Å². The molecule has 0 saturated carbocycles. The van der Waals surface area contributed by atoms with Gasteiger partial charge < -0.3 is 4.55 Å². The average Bonchev–Trinajstić information content (AvgIpc) is 1.88. The Morgan fingerprint density at radius 2 is 2.30 bits per heavy atom. The Balaban J connectivity index is 2.89. The molecule has 2 nitrogen and oxygen atoms in total. The summed E-state index contributed by atoms with van der Waals surface area (Å²) < 4.78 is 10.8. The first-order valence-electron chi connectivity index (χ1n) is 2.65. The maximum Gasteiger partial charge on any atom is 0.170 e. The molecule has 54 valence electrons. The minimum Gasteiger partial charge on any atom is -0.612 e. The van der Waals surface area contributed by atoms with Crippen LogP contribution in [0.5, 0.6) is 0 Å². The van der Waals surface area contributed by atoms with Gasteiger partial charge in [0, 0.05) is 0 Å². The van der Waals surface area contributed by atoms with Crippen LogP contribution in [0.25, 0.3) is 0 Å². The van der Waals surface area contributed by atoms with E-state index in [9.17, 15) is 4.55 Å². The standard InChI is InChI=1S/C6H6ClNOS/c1-10(9)5-2-3-6(7)8-4-5/h2-4H,1H3/t10-/m0/s1. The van der Waals surface area contributed by atoms with E-state index >= 15 is 0 Å². The van der Waals surface area contributed by atoms with Crippen molar-refractivity contribution < 1.29 is 4.55 Å². The number of halogens is 1. The molecular weight excluding hydrogens is 170 g/mol. The summed E-state index contributed by atoms with van der Waals surface area (Å²) in [5, 5.41) is 0.425. The fourth-order valence-corrected chi connectivity index (χ4v) is 1.10. The highest BCUT2D eigenvalue weighted by atomic mass is 35.5. The summed E-state index contributed by atoms with van der Waals surface area (Å²) in [7, 11) is 0. The monoisotopic (exact) mass is 175 g/mol. The van der Waals surface area contributed by atoms with Gasteiger partial charge in [0.1, 0.15) is 11.4 Å². The van der Waals surface area contributed by atoms with Gasteiger partial charge in [0.05, 0.1) is 6.20 Å². The molecule has 1 atom stereocenters. The number of rotatable bonds is 1. The smallest absolute Gasteiger partial charge is 0.170 e. The van der Waals surface area contributed by atoms with Crippen LogP contribution in [0.2, 0.25) is 5.15 Å². The molecule has 1 aromatic heterocycles. The molecule has 1 rings (SSSR count). The zero-order chi connectivity index (χ0) is 7.56. The van der Waals surface area contributed by atoms with Gasteiger partial charge in [0.25, 0.3) is 0 Å². The van der Waals surface area contributed by atoms with E-state index in [-0.39, 0.29) is 0 Å². The molecule has 0 spiro atoms. The van der Waals surface area contributed by atoms with Crippen LogP contribution < -0.4 is 0 Å². The molecule has 1 heterocycles. The molecule has 0 fully saturated rings. The summed E-state index contributed by atoms with van der Waals surface area (Å²) in [6.45, 7) is 0. The number of hydrogen-bond acceptors (Lipinski definition) is 2. The Kier molecular flexibility index (Phi) is 2.54. The third-order valence-electron chi connectivity index (χ3n) is 1.03. The molecule has 0 aliphatic rings. The van der Waals surface area contributed by atoms with Crippen LogP contribution in [0.3, 0.4) is 0 Å². The van der Waals surface area contributed by atoms with Gasteiger partial charge in [0.15, 0.2) is 4.90 Å².